The summed E-state index contributed by atoms with van der Waals surface area (Å²) in [5, 5.41) is 9.89. The molecule has 2 heterocycles. The first-order valence-electron chi connectivity index (χ1n) is 9.38. The van der Waals surface area contributed by atoms with Crippen molar-refractivity contribution in [2.24, 2.45) is 11.8 Å². The van der Waals surface area contributed by atoms with E-state index >= 15 is 0 Å². The molecule has 2 saturated heterocycles. The van der Waals surface area contributed by atoms with Crippen molar-refractivity contribution in [3.63, 3.8) is 0 Å². The van der Waals surface area contributed by atoms with Gasteiger partial charge in [0.05, 0.1) is 5.92 Å². The van der Waals surface area contributed by atoms with Crippen molar-refractivity contribution < 1.29 is 19.4 Å². The number of halogens is 1. The maximum absolute atomic E-state index is 12.0. The van der Waals surface area contributed by atoms with E-state index in [-0.39, 0.29) is 23.9 Å². The Morgan fingerprint density at radius 1 is 1.28 bits per heavy atom. The summed E-state index contributed by atoms with van der Waals surface area (Å²) in [4.78, 5) is 23.9. The average Bonchev–Trinajstić information content (AvgIpc) is 2.89. The number of alkyl halides is 1. The number of fused-ring (bicyclic) bond motifs is 1. The molecule has 3 rings (SSSR count). The van der Waals surface area contributed by atoms with E-state index in [0.717, 1.165) is 26.4 Å². The fraction of sp³-hybridized carbons (Fsp3) is 0.789. The van der Waals surface area contributed by atoms with Crippen LogP contribution in [0.1, 0.15) is 59.8 Å². The van der Waals surface area contributed by atoms with E-state index in [1.165, 1.54) is 0 Å². The molecule has 5 nitrogen and oxygen atoms in total. The fourth-order valence-electron chi connectivity index (χ4n) is 3.49. The van der Waals surface area contributed by atoms with Crippen LogP contribution in [-0.4, -0.2) is 41.6 Å². The van der Waals surface area contributed by atoms with Crippen molar-refractivity contribution in [2.75, 3.05) is 13.0 Å². The normalized spacial score (nSPS) is 31.4. The summed E-state index contributed by atoms with van der Waals surface area (Å²) in [6.45, 7) is 8.00. The predicted molar refractivity (Wildman–Crippen MR) is 102 cm³/mol. The molecule has 2 fully saturated rings. The summed E-state index contributed by atoms with van der Waals surface area (Å²) < 4.78 is 5.24. The number of hydrogen-bond donors (Lipinski definition) is 2. The highest BCUT2D eigenvalue weighted by Crippen LogP contribution is 2.45. The van der Waals surface area contributed by atoms with Crippen LogP contribution in [0, 0.1) is 11.8 Å². The minimum absolute atomic E-state index is 0.0868. The second-order valence-electron chi connectivity index (χ2n) is 5.69. The Hall–Kier alpha value is -1.07. The van der Waals surface area contributed by atoms with Gasteiger partial charge < -0.3 is 15.2 Å². The molecule has 0 saturated carbocycles. The van der Waals surface area contributed by atoms with Gasteiger partial charge in [0, 0.05) is 13.0 Å². The van der Waals surface area contributed by atoms with Gasteiger partial charge in [-0.15, -0.1) is 11.6 Å². The molecular formula is C19H34ClNO4. The highest BCUT2D eigenvalue weighted by atomic mass is 35.5. The number of carbonyl (C=O) groups excluding carboxylic acids is 2. The Morgan fingerprint density at radius 2 is 1.92 bits per heavy atom. The van der Waals surface area contributed by atoms with Crippen LogP contribution in [0.4, 0.5) is 0 Å². The molecule has 1 amide bonds. The molecule has 2 N–H and O–H groups in total. The van der Waals surface area contributed by atoms with E-state index in [0.29, 0.717) is 24.6 Å². The minimum Gasteiger partial charge on any atom is -0.457 e. The van der Waals surface area contributed by atoms with E-state index in [1.54, 1.807) is 0 Å². The van der Waals surface area contributed by atoms with Gasteiger partial charge in [-0.3, -0.25) is 4.79 Å². The molecular weight excluding hydrogens is 342 g/mol. The van der Waals surface area contributed by atoms with Gasteiger partial charge in [-0.25, -0.2) is 4.79 Å². The van der Waals surface area contributed by atoms with Gasteiger partial charge in [-0.2, -0.15) is 0 Å². The first-order valence-corrected chi connectivity index (χ1v) is 9.91. The second kappa shape index (κ2) is 12.3. The largest absolute Gasteiger partial charge is 0.457 e. The van der Waals surface area contributed by atoms with Crippen LogP contribution >= 0.6 is 11.6 Å². The smallest absolute Gasteiger partial charge is 0.336 e. The Morgan fingerprint density at radius 3 is 2.40 bits per heavy atom. The third-order valence-electron chi connectivity index (χ3n) is 4.49. The highest BCUT2D eigenvalue weighted by molar-refractivity contribution is 6.18. The lowest BCUT2D eigenvalue weighted by molar-refractivity contribution is -0.193. The number of rotatable bonds is 4. The molecule has 4 atom stereocenters. The average molecular weight is 376 g/mol. The van der Waals surface area contributed by atoms with Crippen LogP contribution in [0.5, 0.6) is 0 Å². The standard InChI is InChI=1S/C14H18ClNO3.2C2H6.CH4O/c15-7-6-10-11-14(13(18)19-11,16-12(10)17)8-9-4-2-1-3-5-9;3*1-2/h2,4,9-11H,1,3,5-8H2,(H,16,17);2*1-2H3;2H,1H3/t9?,10-,11?,14?;;;/m1.../s1. The molecule has 3 aliphatic rings. The number of allylic oxidation sites excluding steroid dienone is 2. The van der Waals surface area contributed by atoms with Gasteiger partial charge >= 0.3 is 5.97 Å². The van der Waals surface area contributed by atoms with Crippen molar-refractivity contribution in [3.8, 4) is 0 Å². The molecule has 2 aliphatic heterocycles. The fourth-order valence-corrected chi connectivity index (χ4v) is 3.73. The lowest BCUT2D eigenvalue weighted by atomic mass is 9.75. The molecule has 3 unspecified atom stereocenters. The van der Waals surface area contributed by atoms with Crippen molar-refractivity contribution in [1.29, 1.82) is 0 Å². The maximum Gasteiger partial charge on any atom is 0.336 e. The minimum atomic E-state index is -0.778. The van der Waals surface area contributed by atoms with E-state index in [9.17, 15) is 9.59 Å². The summed E-state index contributed by atoms with van der Waals surface area (Å²) in [5.74, 6) is 0.131. The molecule has 146 valence electrons. The van der Waals surface area contributed by atoms with Crippen LogP contribution < -0.4 is 5.32 Å². The zero-order valence-electron chi connectivity index (χ0n) is 16.2. The van der Waals surface area contributed by atoms with Gasteiger partial charge in [0.2, 0.25) is 5.91 Å². The summed E-state index contributed by atoms with van der Waals surface area (Å²) in [7, 11) is 1.00. The Balaban J connectivity index is 0.000000871. The number of nitrogens with one attached hydrogen (secondary N) is 1. The molecule has 0 spiro atoms. The van der Waals surface area contributed by atoms with E-state index in [4.69, 9.17) is 21.4 Å². The van der Waals surface area contributed by atoms with Crippen LogP contribution in [-0.2, 0) is 14.3 Å². The first-order chi connectivity index (χ1) is 12.2. The molecule has 1 aliphatic carbocycles. The summed E-state index contributed by atoms with van der Waals surface area (Å²) in [6, 6.07) is 0. The van der Waals surface area contributed by atoms with Gasteiger partial charge in [0.15, 0.2) is 5.54 Å². The molecule has 0 bridgehead atoms. The van der Waals surface area contributed by atoms with E-state index in [2.05, 4.69) is 17.5 Å². The Bertz CT molecular complexity index is 441. The Kier molecular flexibility index (Phi) is 11.8. The van der Waals surface area contributed by atoms with Crippen molar-refractivity contribution in [1.82, 2.24) is 5.32 Å². The van der Waals surface area contributed by atoms with Crippen LogP contribution in [0.15, 0.2) is 12.2 Å². The lowest BCUT2D eigenvalue weighted by Gasteiger charge is -2.44. The maximum atomic E-state index is 12.0. The van der Waals surface area contributed by atoms with Crippen molar-refractivity contribution >= 4 is 23.5 Å². The number of esters is 1. The monoisotopic (exact) mass is 375 g/mol. The zero-order valence-corrected chi connectivity index (χ0v) is 16.9. The van der Waals surface area contributed by atoms with Gasteiger partial charge in [0.1, 0.15) is 6.10 Å². The van der Waals surface area contributed by atoms with Crippen molar-refractivity contribution in [3.05, 3.63) is 12.2 Å². The number of carbonyl (C=O) groups is 2. The molecule has 0 aromatic carbocycles. The van der Waals surface area contributed by atoms with Gasteiger partial charge in [-0.1, -0.05) is 39.8 Å². The van der Waals surface area contributed by atoms with E-state index in [1.807, 2.05) is 27.7 Å². The quantitative estimate of drug-likeness (QED) is 0.448. The SMILES string of the molecule is CC.CC.CO.O=C1NC2(CC3C=CCCC3)C(=O)OC2[C@H]1CCCl. The third kappa shape index (κ3) is 5.20. The van der Waals surface area contributed by atoms with Gasteiger partial charge in [-0.05, 0) is 38.0 Å². The van der Waals surface area contributed by atoms with Crippen LogP contribution in [0.2, 0.25) is 0 Å². The van der Waals surface area contributed by atoms with Crippen LogP contribution in [0.3, 0.4) is 0 Å². The first kappa shape index (κ1) is 23.9. The number of hydrogen-bond acceptors (Lipinski definition) is 4. The summed E-state index contributed by atoms with van der Waals surface area (Å²) in [6.07, 6.45) is 8.58. The summed E-state index contributed by atoms with van der Waals surface area (Å²) >= 11 is 5.73. The van der Waals surface area contributed by atoms with E-state index < -0.39 is 5.54 Å². The number of aliphatic hydroxyl groups excluding tert-OH is 1. The van der Waals surface area contributed by atoms with Crippen molar-refractivity contribution in [2.45, 2.75) is 71.4 Å². The third-order valence-corrected chi connectivity index (χ3v) is 4.71. The van der Waals surface area contributed by atoms with Gasteiger partial charge in [0.25, 0.3) is 0 Å². The number of amides is 1. The molecule has 6 heteroatoms. The molecule has 25 heavy (non-hydrogen) atoms. The zero-order chi connectivity index (χ0) is 19.5. The highest BCUT2D eigenvalue weighted by Gasteiger charge is 2.67. The second-order valence-corrected chi connectivity index (χ2v) is 6.07. The Labute approximate surface area is 157 Å². The molecule has 0 aromatic heterocycles. The molecule has 0 aromatic rings. The lowest BCUT2D eigenvalue weighted by Crippen LogP contribution is -2.67. The predicted octanol–water partition coefficient (Wildman–Crippen LogP) is 3.43. The number of aliphatic hydroxyl groups is 1. The van der Waals surface area contributed by atoms with Crippen LogP contribution in [0.25, 0.3) is 0 Å². The number of ether oxygens (including phenoxy) is 1. The molecule has 0 radical (unpaired) electrons. The summed E-state index contributed by atoms with van der Waals surface area (Å²) in [5.41, 5.74) is -0.778. The topological polar surface area (TPSA) is 75.6 Å².